The minimum Gasteiger partial charge on any atom is -0.399 e. The largest absolute Gasteiger partial charge is 0.399 e. The Hall–Kier alpha value is -1.62. The van der Waals surface area contributed by atoms with Crippen LogP contribution in [0.3, 0.4) is 0 Å². The van der Waals surface area contributed by atoms with Gasteiger partial charge in [-0.2, -0.15) is 0 Å². The summed E-state index contributed by atoms with van der Waals surface area (Å²) in [4.78, 5) is 0. The summed E-state index contributed by atoms with van der Waals surface area (Å²) in [5, 5.41) is 12.5. The molecule has 0 amide bonds. The van der Waals surface area contributed by atoms with Crippen LogP contribution in [0.25, 0.3) is 11.4 Å². The summed E-state index contributed by atoms with van der Waals surface area (Å²) in [7, 11) is 0. The zero-order valence-electron chi connectivity index (χ0n) is 10.0. The molecule has 0 radical (unpaired) electrons. The second kappa shape index (κ2) is 4.24. The first kappa shape index (κ1) is 11.5. The number of nitrogens with two attached hydrogens (primary N) is 1. The van der Waals surface area contributed by atoms with Gasteiger partial charge in [0.25, 0.3) is 0 Å². The molecule has 0 saturated heterocycles. The second-order valence-corrected chi connectivity index (χ2v) is 5.06. The molecule has 0 bridgehead atoms. The summed E-state index contributed by atoms with van der Waals surface area (Å²) in [6.45, 7) is 2.18. The number of hydrogen-bond donors (Lipinski definition) is 1. The molecule has 1 saturated carbocycles. The molecule has 1 fully saturated rings. The van der Waals surface area contributed by atoms with E-state index in [0.29, 0.717) is 28.5 Å². The molecule has 1 aromatic heterocycles. The van der Waals surface area contributed by atoms with Gasteiger partial charge in [0.05, 0.1) is 11.1 Å². The summed E-state index contributed by atoms with van der Waals surface area (Å²) in [5.74, 6) is 1.38. The van der Waals surface area contributed by atoms with E-state index in [4.69, 9.17) is 17.3 Å². The highest BCUT2D eigenvalue weighted by Gasteiger charge is 2.39. The molecule has 0 spiro atoms. The van der Waals surface area contributed by atoms with E-state index in [-0.39, 0.29) is 0 Å². The van der Waals surface area contributed by atoms with Gasteiger partial charge in [0, 0.05) is 11.3 Å². The fourth-order valence-electron chi connectivity index (χ4n) is 2.28. The maximum Gasteiger partial charge on any atom is 0.183 e. The summed E-state index contributed by atoms with van der Waals surface area (Å²) in [6, 6.07) is 5.76. The number of tetrazole rings is 1. The maximum atomic E-state index is 6.19. The van der Waals surface area contributed by atoms with E-state index in [9.17, 15) is 0 Å². The molecule has 2 unspecified atom stereocenters. The maximum absolute atomic E-state index is 6.19. The van der Waals surface area contributed by atoms with E-state index in [1.54, 1.807) is 12.1 Å². The first-order chi connectivity index (χ1) is 8.70. The molecule has 3 rings (SSSR count). The number of nitrogens with zero attached hydrogens (tertiary/aromatic N) is 4. The topological polar surface area (TPSA) is 69.6 Å². The lowest BCUT2D eigenvalue weighted by Crippen LogP contribution is -2.02. The van der Waals surface area contributed by atoms with Gasteiger partial charge in [0.1, 0.15) is 0 Å². The van der Waals surface area contributed by atoms with Gasteiger partial charge in [0.15, 0.2) is 5.82 Å². The van der Waals surface area contributed by atoms with Crippen molar-refractivity contribution in [1.29, 1.82) is 0 Å². The molecule has 2 N–H and O–H groups in total. The van der Waals surface area contributed by atoms with Gasteiger partial charge >= 0.3 is 0 Å². The summed E-state index contributed by atoms with van der Waals surface area (Å²) >= 11 is 6.19. The van der Waals surface area contributed by atoms with Gasteiger partial charge in [-0.15, -0.1) is 5.10 Å². The van der Waals surface area contributed by atoms with Crippen LogP contribution < -0.4 is 5.73 Å². The van der Waals surface area contributed by atoms with Crippen LogP contribution >= 0.6 is 11.6 Å². The molecule has 1 aromatic carbocycles. The molecule has 18 heavy (non-hydrogen) atoms. The van der Waals surface area contributed by atoms with Crippen LogP contribution in [-0.4, -0.2) is 20.2 Å². The lowest BCUT2D eigenvalue weighted by molar-refractivity contribution is 0.563. The Balaban J connectivity index is 2.02. The molecular weight excluding hydrogens is 250 g/mol. The van der Waals surface area contributed by atoms with Crippen molar-refractivity contribution in [3.05, 3.63) is 23.2 Å². The van der Waals surface area contributed by atoms with Crippen molar-refractivity contribution in [2.45, 2.75) is 25.8 Å². The molecule has 1 heterocycles. The van der Waals surface area contributed by atoms with Crippen molar-refractivity contribution in [2.75, 3.05) is 5.73 Å². The van der Waals surface area contributed by atoms with E-state index in [1.807, 2.05) is 10.7 Å². The SMILES string of the molecule is CCC1CC1n1nnnc1-c1cc(N)ccc1Cl. The molecule has 2 atom stereocenters. The average molecular weight is 264 g/mol. The number of halogens is 1. The minimum atomic E-state index is 0.400. The predicted octanol–water partition coefficient (Wildman–Crippen LogP) is 2.55. The summed E-state index contributed by atoms with van der Waals surface area (Å²) in [6.07, 6.45) is 2.28. The van der Waals surface area contributed by atoms with E-state index in [1.165, 1.54) is 0 Å². The first-order valence-electron chi connectivity index (χ1n) is 6.04. The monoisotopic (exact) mass is 263 g/mol. The Morgan fingerprint density at radius 2 is 2.33 bits per heavy atom. The number of anilines is 1. The van der Waals surface area contributed by atoms with Crippen LogP contribution in [0.2, 0.25) is 5.02 Å². The van der Waals surface area contributed by atoms with E-state index >= 15 is 0 Å². The number of aromatic nitrogens is 4. The van der Waals surface area contributed by atoms with Gasteiger partial charge in [-0.1, -0.05) is 24.9 Å². The van der Waals surface area contributed by atoms with Gasteiger partial charge in [0.2, 0.25) is 0 Å². The predicted molar refractivity (Wildman–Crippen MR) is 70.1 cm³/mol. The molecule has 6 heteroatoms. The van der Waals surface area contributed by atoms with Crippen molar-refractivity contribution < 1.29 is 0 Å². The molecular formula is C12H14ClN5. The van der Waals surface area contributed by atoms with E-state index in [2.05, 4.69) is 22.4 Å². The minimum absolute atomic E-state index is 0.400. The van der Waals surface area contributed by atoms with Gasteiger partial charge < -0.3 is 5.73 Å². The quantitative estimate of drug-likeness (QED) is 0.864. The fourth-order valence-corrected chi connectivity index (χ4v) is 2.48. The van der Waals surface area contributed by atoms with E-state index < -0.39 is 0 Å². The third-order valence-electron chi connectivity index (χ3n) is 3.45. The number of rotatable bonds is 3. The number of hydrogen-bond acceptors (Lipinski definition) is 4. The first-order valence-corrected chi connectivity index (χ1v) is 6.41. The average Bonchev–Trinajstić information content (AvgIpc) is 3.00. The lowest BCUT2D eigenvalue weighted by atomic mass is 10.2. The molecule has 2 aromatic rings. The van der Waals surface area contributed by atoms with Gasteiger partial charge in [-0.25, -0.2) is 4.68 Å². The van der Waals surface area contributed by atoms with Crippen LogP contribution in [0.5, 0.6) is 0 Å². The normalized spacial score (nSPS) is 22.1. The van der Waals surface area contributed by atoms with Crippen molar-refractivity contribution in [2.24, 2.45) is 5.92 Å². The molecule has 5 nitrogen and oxygen atoms in total. The van der Waals surface area contributed by atoms with Crippen molar-refractivity contribution >= 4 is 17.3 Å². The second-order valence-electron chi connectivity index (χ2n) is 4.66. The molecule has 1 aliphatic carbocycles. The Morgan fingerprint density at radius 1 is 1.50 bits per heavy atom. The zero-order chi connectivity index (χ0) is 12.7. The van der Waals surface area contributed by atoms with E-state index in [0.717, 1.165) is 18.4 Å². The third-order valence-corrected chi connectivity index (χ3v) is 3.78. The Bertz CT molecular complexity index is 580. The van der Waals surface area contributed by atoms with Crippen LogP contribution in [0.1, 0.15) is 25.8 Å². The van der Waals surface area contributed by atoms with Crippen molar-refractivity contribution in [3.8, 4) is 11.4 Å². The molecule has 1 aliphatic rings. The highest BCUT2D eigenvalue weighted by molar-refractivity contribution is 6.33. The standard InChI is InChI=1S/C12H14ClN5/c1-2-7-5-11(7)18-12(15-16-17-18)9-6-8(14)3-4-10(9)13/h3-4,6-7,11H,2,5,14H2,1H3. The summed E-state index contributed by atoms with van der Waals surface area (Å²) < 4.78 is 1.87. The number of nitrogen functional groups attached to an aromatic ring is 1. The molecule has 94 valence electrons. The Kier molecular flexibility index (Phi) is 2.70. The van der Waals surface area contributed by atoms with Crippen molar-refractivity contribution in [3.63, 3.8) is 0 Å². The third kappa shape index (κ3) is 1.84. The number of benzene rings is 1. The van der Waals surface area contributed by atoms with Crippen LogP contribution in [0, 0.1) is 5.92 Å². The zero-order valence-corrected chi connectivity index (χ0v) is 10.8. The Morgan fingerprint density at radius 3 is 3.06 bits per heavy atom. The summed E-state index contributed by atoms with van der Waals surface area (Å²) in [5.41, 5.74) is 7.25. The van der Waals surface area contributed by atoms with Crippen LogP contribution in [0.4, 0.5) is 5.69 Å². The molecule has 0 aliphatic heterocycles. The van der Waals surface area contributed by atoms with Crippen molar-refractivity contribution in [1.82, 2.24) is 20.2 Å². The fraction of sp³-hybridized carbons (Fsp3) is 0.417. The Labute approximate surface area is 110 Å². The smallest absolute Gasteiger partial charge is 0.183 e. The van der Waals surface area contributed by atoms with Crippen LogP contribution in [-0.2, 0) is 0 Å². The highest BCUT2D eigenvalue weighted by atomic mass is 35.5. The van der Waals surface area contributed by atoms with Gasteiger partial charge in [-0.05, 0) is 41.0 Å². The lowest BCUT2D eigenvalue weighted by Gasteiger charge is -2.06. The van der Waals surface area contributed by atoms with Crippen LogP contribution in [0.15, 0.2) is 18.2 Å². The van der Waals surface area contributed by atoms with Gasteiger partial charge in [-0.3, -0.25) is 0 Å². The highest BCUT2D eigenvalue weighted by Crippen LogP contribution is 2.46.